The second-order valence-corrected chi connectivity index (χ2v) is 6.16. The Bertz CT molecular complexity index is 539. The standard InChI is InChI=1S/C16H18BrClN2/c1-3-20-16(11(2)12-4-6-19-7-5-12)13-8-14(17)10-15(18)9-13/h4-11,16,20H,3H2,1-2H3. The molecule has 0 aliphatic carbocycles. The van der Waals surface area contributed by atoms with E-state index in [1.807, 2.05) is 24.5 Å². The van der Waals surface area contributed by atoms with Gasteiger partial charge in [0, 0.05) is 33.8 Å². The smallest absolute Gasteiger partial charge is 0.0420 e. The van der Waals surface area contributed by atoms with Crippen LogP contribution < -0.4 is 5.32 Å². The molecule has 0 saturated heterocycles. The summed E-state index contributed by atoms with van der Waals surface area (Å²) in [7, 11) is 0. The number of aromatic nitrogens is 1. The van der Waals surface area contributed by atoms with Crippen molar-refractivity contribution in [3.63, 3.8) is 0 Å². The van der Waals surface area contributed by atoms with Gasteiger partial charge in [0.15, 0.2) is 0 Å². The summed E-state index contributed by atoms with van der Waals surface area (Å²) < 4.78 is 1.00. The van der Waals surface area contributed by atoms with Gasteiger partial charge in [-0.05, 0) is 48.0 Å². The SMILES string of the molecule is CCNC(c1cc(Cl)cc(Br)c1)C(C)c1ccncc1. The van der Waals surface area contributed by atoms with E-state index in [1.165, 1.54) is 11.1 Å². The fourth-order valence-corrected chi connectivity index (χ4v) is 3.30. The summed E-state index contributed by atoms with van der Waals surface area (Å²) in [6.45, 7) is 5.24. The van der Waals surface area contributed by atoms with E-state index in [1.54, 1.807) is 0 Å². The Morgan fingerprint density at radius 2 is 1.90 bits per heavy atom. The maximum Gasteiger partial charge on any atom is 0.0420 e. The molecule has 1 heterocycles. The monoisotopic (exact) mass is 352 g/mol. The van der Waals surface area contributed by atoms with E-state index in [4.69, 9.17) is 11.6 Å². The second-order valence-electron chi connectivity index (χ2n) is 4.81. The fourth-order valence-electron chi connectivity index (χ4n) is 2.42. The Morgan fingerprint density at radius 1 is 1.20 bits per heavy atom. The molecule has 1 aromatic carbocycles. The molecule has 0 aliphatic heterocycles. The molecule has 0 bridgehead atoms. The molecule has 2 atom stereocenters. The number of benzene rings is 1. The first-order chi connectivity index (χ1) is 9.61. The highest BCUT2D eigenvalue weighted by Crippen LogP contribution is 2.33. The Hall–Kier alpha value is -0.900. The highest BCUT2D eigenvalue weighted by molar-refractivity contribution is 9.10. The second kappa shape index (κ2) is 7.21. The van der Waals surface area contributed by atoms with Crippen molar-refractivity contribution in [2.45, 2.75) is 25.8 Å². The maximum absolute atomic E-state index is 6.18. The first-order valence-electron chi connectivity index (χ1n) is 6.71. The fraction of sp³-hybridized carbons (Fsp3) is 0.312. The van der Waals surface area contributed by atoms with Gasteiger partial charge in [0.05, 0.1) is 0 Å². The van der Waals surface area contributed by atoms with Crippen LogP contribution in [0.4, 0.5) is 0 Å². The van der Waals surface area contributed by atoms with E-state index in [0.29, 0.717) is 5.92 Å². The normalized spacial score (nSPS) is 14.0. The Morgan fingerprint density at radius 3 is 2.50 bits per heavy atom. The number of hydrogen-bond acceptors (Lipinski definition) is 2. The third kappa shape index (κ3) is 3.81. The third-order valence-corrected chi connectivity index (χ3v) is 4.08. The highest BCUT2D eigenvalue weighted by atomic mass is 79.9. The molecular weight excluding hydrogens is 336 g/mol. The van der Waals surface area contributed by atoms with Gasteiger partial charge in [-0.2, -0.15) is 0 Å². The van der Waals surface area contributed by atoms with Crippen LogP contribution in [0.3, 0.4) is 0 Å². The van der Waals surface area contributed by atoms with Gasteiger partial charge >= 0.3 is 0 Å². The molecule has 2 aromatic rings. The number of likely N-dealkylation sites (N-methyl/N-ethyl adjacent to an activating group) is 1. The van der Waals surface area contributed by atoms with Gasteiger partial charge in [-0.15, -0.1) is 0 Å². The number of nitrogens with one attached hydrogen (secondary N) is 1. The molecular formula is C16H18BrClN2. The van der Waals surface area contributed by atoms with Crippen molar-refractivity contribution in [3.05, 3.63) is 63.3 Å². The van der Waals surface area contributed by atoms with E-state index in [0.717, 1.165) is 16.0 Å². The van der Waals surface area contributed by atoms with Crippen LogP contribution in [0.5, 0.6) is 0 Å². The van der Waals surface area contributed by atoms with Crippen molar-refractivity contribution >= 4 is 27.5 Å². The van der Waals surface area contributed by atoms with E-state index in [2.05, 4.69) is 58.3 Å². The Labute approximate surface area is 133 Å². The van der Waals surface area contributed by atoms with Crippen molar-refractivity contribution in [3.8, 4) is 0 Å². The van der Waals surface area contributed by atoms with E-state index in [9.17, 15) is 0 Å². The lowest BCUT2D eigenvalue weighted by molar-refractivity contribution is 0.479. The number of halogens is 2. The molecule has 0 fully saturated rings. The van der Waals surface area contributed by atoms with Gasteiger partial charge in [-0.25, -0.2) is 0 Å². The average molecular weight is 354 g/mol. The minimum absolute atomic E-state index is 0.220. The van der Waals surface area contributed by atoms with Crippen LogP contribution in [0.2, 0.25) is 5.02 Å². The number of hydrogen-bond donors (Lipinski definition) is 1. The number of nitrogens with zero attached hydrogens (tertiary/aromatic N) is 1. The van der Waals surface area contributed by atoms with Gasteiger partial charge in [0.25, 0.3) is 0 Å². The molecule has 0 radical (unpaired) electrons. The van der Waals surface area contributed by atoms with E-state index < -0.39 is 0 Å². The van der Waals surface area contributed by atoms with Crippen molar-refractivity contribution in [1.82, 2.24) is 10.3 Å². The van der Waals surface area contributed by atoms with Gasteiger partial charge < -0.3 is 5.32 Å². The van der Waals surface area contributed by atoms with Crippen LogP contribution in [-0.2, 0) is 0 Å². The maximum atomic E-state index is 6.18. The molecule has 4 heteroatoms. The third-order valence-electron chi connectivity index (χ3n) is 3.40. The molecule has 2 nitrogen and oxygen atoms in total. The molecule has 0 spiro atoms. The van der Waals surface area contributed by atoms with Gasteiger partial charge in [-0.1, -0.05) is 41.4 Å². The summed E-state index contributed by atoms with van der Waals surface area (Å²) in [5, 5.41) is 4.30. The predicted molar refractivity (Wildman–Crippen MR) is 88.2 cm³/mol. The summed E-state index contributed by atoms with van der Waals surface area (Å²) in [6, 6.07) is 10.4. The average Bonchev–Trinajstić information content (AvgIpc) is 2.44. The molecule has 1 N–H and O–H groups in total. The summed E-state index contributed by atoms with van der Waals surface area (Å²) in [4.78, 5) is 4.09. The van der Waals surface area contributed by atoms with E-state index >= 15 is 0 Å². The highest BCUT2D eigenvalue weighted by Gasteiger charge is 2.20. The Kier molecular flexibility index (Phi) is 5.58. The van der Waals surface area contributed by atoms with Gasteiger partial charge in [0.2, 0.25) is 0 Å². The zero-order valence-corrected chi connectivity index (χ0v) is 13.9. The van der Waals surface area contributed by atoms with Gasteiger partial charge in [0.1, 0.15) is 0 Å². The molecule has 0 saturated carbocycles. The minimum Gasteiger partial charge on any atom is -0.310 e. The summed E-state index contributed by atoms with van der Waals surface area (Å²) in [5.74, 6) is 0.336. The summed E-state index contributed by atoms with van der Waals surface area (Å²) in [6.07, 6.45) is 3.67. The van der Waals surface area contributed by atoms with Crippen molar-refractivity contribution < 1.29 is 0 Å². The summed E-state index contributed by atoms with van der Waals surface area (Å²) in [5.41, 5.74) is 2.46. The molecule has 0 aliphatic rings. The van der Waals surface area contributed by atoms with Crippen molar-refractivity contribution in [2.24, 2.45) is 0 Å². The first-order valence-corrected chi connectivity index (χ1v) is 7.88. The lowest BCUT2D eigenvalue weighted by Crippen LogP contribution is -2.25. The van der Waals surface area contributed by atoms with Crippen LogP contribution in [0.25, 0.3) is 0 Å². The van der Waals surface area contributed by atoms with Crippen molar-refractivity contribution in [1.29, 1.82) is 0 Å². The predicted octanol–water partition coefficient (Wildman–Crippen LogP) is 4.95. The van der Waals surface area contributed by atoms with Crippen LogP contribution >= 0.6 is 27.5 Å². The Balaban J connectivity index is 2.35. The van der Waals surface area contributed by atoms with Crippen molar-refractivity contribution in [2.75, 3.05) is 6.54 Å². The lowest BCUT2D eigenvalue weighted by atomic mass is 9.89. The molecule has 106 valence electrons. The number of pyridine rings is 1. The largest absolute Gasteiger partial charge is 0.310 e. The molecule has 2 unspecified atom stereocenters. The quantitative estimate of drug-likeness (QED) is 0.822. The molecule has 20 heavy (non-hydrogen) atoms. The van der Waals surface area contributed by atoms with Gasteiger partial charge in [-0.3, -0.25) is 4.98 Å². The van der Waals surface area contributed by atoms with Crippen LogP contribution in [0.1, 0.15) is 36.9 Å². The lowest BCUT2D eigenvalue weighted by Gasteiger charge is -2.26. The zero-order valence-electron chi connectivity index (χ0n) is 11.6. The minimum atomic E-state index is 0.220. The van der Waals surface area contributed by atoms with Crippen LogP contribution in [-0.4, -0.2) is 11.5 Å². The molecule has 2 rings (SSSR count). The molecule has 0 amide bonds. The number of rotatable bonds is 5. The summed E-state index contributed by atoms with van der Waals surface area (Å²) >= 11 is 9.69. The van der Waals surface area contributed by atoms with E-state index in [-0.39, 0.29) is 6.04 Å². The topological polar surface area (TPSA) is 24.9 Å². The van der Waals surface area contributed by atoms with Crippen LogP contribution in [0, 0.1) is 0 Å². The van der Waals surface area contributed by atoms with Crippen LogP contribution in [0.15, 0.2) is 47.2 Å². The first kappa shape index (κ1) is 15.5. The zero-order chi connectivity index (χ0) is 14.5. The molecule has 1 aromatic heterocycles.